The van der Waals surface area contributed by atoms with Crippen LogP contribution >= 0.6 is 11.6 Å². The van der Waals surface area contributed by atoms with E-state index in [0.717, 1.165) is 30.0 Å². The van der Waals surface area contributed by atoms with E-state index in [1.54, 1.807) is 7.11 Å². The van der Waals surface area contributed by atoms with Crippen molar-refractivity contribution in [3.05, 3.63) is 34.9 Å². The molecule has 1 saturated carbocycles. The predicted octanol–water partition coefficient (Wildman–Crippen LogP) is 3.56. The van der Waals surface area contributed by atoms with Gasteiger partial charge in [-0.2, -0.15) is 0 Å². The highest BCUT2D eigenvalue weighted by atomic mass is 35.5. The van der Waals surface area contributed by atoms with E-state index in [4.69, 9.17) is 16.3 Å². The molecular weight excluding hydrogens is 234 g/mol. The molecule has 0 bridgehead atoms. The number of hydrogen-bond donors (Lipinski definition) is 1. The number of rotatable bonds is 5. The Morgan fingerprint density at radius 2 is 2.12 bits per heavy atom. The standard InChI is InChI=1S/C14H20ClNO/c1-3-16-13(14(17-2)9-6-10-14)11-7-4-5-8-12(11)15/h4-5,7-8,13,16H,3,6,9-10H2,1-2H3. The predicted molar refractivity (Wildman–Crippen MR) is 71.5 cm³/mol. The van der Waals surface area contributed by atoms with E-state index in [1.165, 1.54) is 6.42 Å². The highest BCUT2D eigenvalue weighted by Crippen LogP contribution is 2.46. The summed E-state index contributed by atoms with van der Waals surface area (Å²) in [6, 6.07) is 8.24. The Labute approximate surface area is 108 Å². The van der Waals surface area contributed by atoms with Gasteiger partial charge in [0.15, 0.2) is 0 Å². The second-order valence-electron chi connectivity index (χ2n) is 4.63. The molecule has 1 aromatic carbocycles. The SMILES string of the molecule is CCNC(c1ccccc1Cl)C1(OC)CCC1. The van der Waals surface area contributed by atoms with Crippen LogP contribution in [0.4, 0.5) is 0 Å². The van der Waals surface area contributed by atoms with Crippen LogP contribution in [0, 0.1) is 0 Å². The van der Waals surface area contributed by atoms with Crippen molar-refractivity contribution in [2.45, 2.75) is 37.8 Å². The fourth-order valence-electron chi connectivity index (χ4n) is 2.63. The van der Waals surface area contributed by atoms with Crippen LogP contribution < -0.4 is 5.32 Å². The molecule has 1 aliphatic rings. The van der Waals surface area contributed by atoms with Crippen molar-refractivity contribution >= 4 is 11.6 Å². The maximum Gasteiger partial charge on any atom is 0.0873 e. The van der Waals surface area contributed by atoms with Crippen molar-refractivity contribution in [1.82, 2.24) is 5.32 Å². The van der Waals surface area contributed by atoms with Crippen LogP contribution in [0.3, 0.4) is 0 Å². The second kappa shape index (κ2) is 5.38. The van der Waals surface area contributed by atoms with E-state index in [2.05, 4.69) is 18.3 Å². The summed E-state index contributed by atoms with van der Waals surface area (Å²) in [4.78, 5) is 0. The number of halogens is 1. The minimum absolute atomic E-state index is 0.0684. The monoisotopic (exact) mass is 253 g/mol. The smallest absolute Gasteiger partial charge is 0.0873 e. The molecule has 1 fully saturated rings. The number of ether oxygens (including phenoxy) is 1. The van der Waals surface area contributed by atoms with Crippen molar-refractivity contribution in [3.8, 4) is 0 Å². The fourth-order valence-corrected chi connectivity index (χ4v) is 2.87. The third kappa shape index (κ3) is 2.35. The first-order valence-electron chi connectivity index (χ1n) is 6.26. The van der Waals surface area contributed by atoms with E-state index in [0.29, 0.717) is 0 Å². The van der Waals surface area contributed by atoms with Gasteiger partial charge in [0.1, 0.15) is 0 Å². The lowest BCUT2D eigenvalue weighted by Gasteiger charge is -2.47. The minimum Gasteiger partial charge on any atom is -0.376 e. The van der Waals surface area contributed by atoms with Crippen LogP contribution in [-0.4, -0.2) is 19.3 Å². The van der Waals surface area contributed by atoms with E-state index in [-0.39, 0.29) is 11.6 Å². The van der Waals surface area contributed by atoms with Gasteiger partial charge >= 0.3 is 0 Å². The van der Waals surface area contributed by atoms with Gasteiger partial charge in [-0.3, -0.25) is 0 Å². The van der Waals surface area contributed by atoms with Gasteiger partial charge in [-0.25, -0.2) is 0 Å². The summed E-state index contributed by atoms with van der Waals surface area (Å²) in [5.41, 5.74) is 1.08. The maximum absolute atomic E-state index is 6.30. The molecule has 0 heterocycles. The van der Waals surface area contributed by atoms with Gasteiger partial charge < -0.3 is 10.1 Å². The zero-order chi connectivity index (χ0) is 12.3. The van der Waals surface area contributed by atoms with Gasteiger partial charge in [0, 0.05) is 12.1 Å². The summed E-state index contributed by atoms with van der Waals surface area (Å²) in [6.45, 7) is 3.03. The lowest BCUT2D eigenvalue weighted by atomic mass is 9.72. The van der Waals surface area contributed by atoms with Crippen molar-refractivity contribution in [3.63, 3.8) is 0 Å². The normalized spacial score (nSPS) is 19.7. The van der Waals surface area contributed by atoms with Crippen molar-refractivity contribution in [1.29, 1.82) is 0 Å². The summed E-state index contributed by atoms with van der Waals surface area (Å²) in [6.07, 6.45) is 3.44. The molecule has 1 aromatic rings. The fraction of sp³-hybridized carbons (Fsp3) is 0.571. The summed E-state index contributed by atoms with van der Waals surface area (Å²) < 4.78 is 5.78. The lowest BCUT2D eigenvalue weighted by molar-refractivity contribution is -0.0994. The first kappa shape index (κ1) is 12.9. The van der Waals surface area contributed by atoms with Crippen molar-refractivity contribution in [2.24, 2.45) is 0 Å². The molecule has 0 aliphatic heterocycles. The first-order chi connectivity index (χ1) is 8.23. The molecule has 3 heteroatoms. The average Bonchev–Trinajstić information content (AvgIpc) is 2.28. The third-order valence-corrected chi connectivity index (χ3v) is 4.10. The Hall–Kier alpha value is -0.570. The molecule has 0 aromatic heterocycles. The summed E-state index contributed by atoms with van der Waals surface area (Å²) in [5, 5.41) is 4.35. The molecule has 0 amide bonds. The molecule has 94 valence electrons. The largest absolute Gasteiger partial charge is 0.376 e. The van der Waals surface area contributed by atoms with Crippen LogP contribution in [0.25, 0.3) is 0 Å². The Morgan fingerprint density at radius 3 is 2.59 bits per heavy atom. The van der Waals surface area contributed by atoms with Gasteiger partial charge in [-0.1, -0.05) is 36.7 Å². The average molecular weight is 254 g/mol. The van der Waals surface area contributed by atoms with E-state index < -0.39 is 0 Å². The van der Waals surface area contributed by atoms with Gasteiger partial charge in [-0.05, 0) is 37.4 Å². The highest BCUT2D eigenvalue weighted by Gasteiger charge is 2.45. The van der Waals surface area contributed by atoms with Crippen molar-refractivity contribution < 1.29 is 4.74 Å². The zero-order valence-electron chi connectivity index (χ0n) is 10.5. The van der Waals surface area contributed by atoms with Gasteiger partial charge in [-0.15, -0.1) is 0 Å². The Bertz CT molecular complexity index is 371. The Morgan fingerprint density at radius 1 is 1.41 bits per heavy atom. The van der Waals surface area contributed by atoms with Crippen LogP contribution in [0.2, 0.25) is 5.02 Å². The van der Waals surface area contributed by atoms with E-state index >= 15 is 0 Å². The third-order valence-electron chi connectivity index (χ3n) is 3.76. The van der Waals surface area contributed by atoms with E-state index in [9.17, 15) is 0 Å². The molecule has 0 radical (unpaired) electrons. The van der Waals surface area contributed by atoms with Gasteiger partial charge in [0.05, 0.1) is 11.6 Å². The van der Waals surface area contributed by atoms with Crippen LogP contribution in [-0.2, 0) is 4.74 Å². The quantitative estimate of drug-likeness (QED) is 0.866. The topological polar surface area (TPSA) is 21.3 Å². The minimum atomic E-state index is -0.0684. The molecular formula is C14H20ClNO. The van der Waals surface area contributed by atoms with Gasteiger partial charge in [0.2, 0.25) is 0 Å². The van der Waals surface area contributed by atoms with Crippen LogP contribution in [0.1, 0.15) is 37.8 Å². The number of likely N-dealkylation sites (N-methyl/N-ethyl adjacent to an activating group) is 1. The Kier molecular flexibility index (Phi) is 4.08. The lowest BCUT2D eigenvalue weighted by Crippen LogP contribution is -2.50. The molecule has 17 heavy (non-hydrogen) atoms. The highest BCUT2D eigenvalue weighted by molar-refractivity contribution is 6.31. The second-order valence-corrected chi connectivity index (χ2v) is 5.04. The van der Waals surface area contributed by atoms with E-state index in [1.807, 2.05) is 18.2 Å². The van der Waals surface area contributed by atoms with Crippen LogP contribution in [0.15, 0.2) is 24.3 Å². The maximum atomic E-state index is 6.30. The molecule has 2 nitrogen and oxygen atoms in total. The molecule has 1 unspecified atom stereocenters. The van der Waals surface area contributed by atoms with Crippen LogP contribution in [0.5, 0.6) is 0 Å². The molecule has 2 rings (SSSR count). The summed E-state index contributed by atoms with van der Waals surface area (Å²) in [7, 11) is 1.81. The molecule has 1 N–H and O–H groups in total. The number of hydrogen-bond acceptors (Lipinski definition) is 2. The summed E-state index contributed by atoms with van der Waals surface area (Å²) >= 11 is 6.30. The number of nitrogens with one attached hydrogen (secondary N) is 1. The number of benzene rings is 1. The molecule has 1 aliphatic carbocycles. The first-order valence-corrected chi connectivity index (χ1v) is 6.64. The molecule has 0 spiro atoms. The number of methoxy groups -OCH3 is 1. The van der Waals surface area contributed by atoms with Crippen molar-refractivity contribution in [2.75, 3.05) is 13.7 Å². The molecule has 0 saturated heterocycles. The summed E-state index contributed by atoms with van der Waals surface area (Å²) in [5.74, 6) is 0. The van der Waals surface area contributed by atoms with Gasteiger partial charge in [0.25, 0.3) is 0 Å². The molecule has 1 atom stereocenters. The Balaban J connectivity index is 2.32. The zero-order valence-corrected chi connectivity index (χ0v) is 11.3.